The second-order valence-electron chi connectivity index (χ2n) is 7.29. The summed E-state index contributed by atoms with van der Waals surface area (Å²) in [6.45, 7) is 2.70. The maximum Gasteiger partial charge on any atom is 0.405 e. The number of alkyl halides is 3. The molecular formula is C17H26F3N5O2S2. The number of thioether (sulfide) groups is 1. The highest BCUT2D eigenvalue weighted by Gasteiger charge is 2.38. The molecule has 0 spiro atoms. The molecule has 1 aromatic heterocycles. The van der Waals surface area contributed by atoms with Gasteiger partial charge in [-0.1, -0.05) is 42.4 Å². The van der Waals surface area contributed by atoms with Crippen LogP contribution in [-0.2, 0) is 9.53 Å². The highest BCUT2D eigenvalue weighted by molar-refractivity contribution is 8.01. The first-order valence-corrected chi connectivity index (χ1v) is 11.5. The molecule has 7 nitrogen and oxygen atoms in total. The number of carbonyl (C=O) groups is 1. The van der Waals surface area contributed by atoms with Crippen molar-refractivity contribution in [2.45, 2.75) is 48.2 Å². The van der Waals surface area contributed by atoms with E-state index in [1.807, 2.05) is 0 Å². The van der Waals surface area contributed by atoms with Crippen molar-refractivity contribution in [3.8, 4) is 0 Å². The Kier molecular flexibility index (Phi) is 7.99. The topological polar surface area (TPSA) is 79.4 Å². The van der Waals surface area contributed by atoms with Crippen LogP contribution < -0.4 is 10.6 Å². The first-order valence-electron chi connectivity index (χ1n) is 9.73. The lowest BCUT2D eigenvalue weighted by atomic mass is 9.79. The second kappa shape index (κ2) is 10.3. The van der Waals surface area contributed by atoms with Crippen LogP contribution in [-0.4, -0.2) is 77.9 Å². The van der Waals surface area contributed by atoms with Crippen LogP contribution in [0.15, 0.2) is 4.34 Å². The first-order chi connectivity index (χ1) is 13.9. The largest absolute Gasteiger partial charge is 0.405 e. The molecule has 0 unspecified atom stereocenters. The summed E-state index contributed by atoms with van der Waals surface area (Å²) in [5.74, 6) is 0.0563. The number of nitrogens with one attached hydrogen (secondary N) is 2. The molecule has 2 aliphatic rings. The molecule has 1 aromatic rings. The van der Waals surface area contributed by atoms with Crippen LogP contribution in [0.5, 0.6) is 0 Å². The summed E-state index contributed by atoms with van der Waals surface area (Å²) in [7, 11) is 0. The van der Waals surface area contributed by atoms with Gasteiger partial charge in [-0.3, -0.25) is 9.69 Å². The Labute approximate surface area is 176 Å². The van der Waals surface area contributed by atoms with Crippen molar-refractivity contribution in [2.24, 2.45) is 0 Å². The van der Waals surface area contributed by atoms with Crippen LogP contribution in [0.4, 0.5) is 18.3 Å². The fraction of sp³-hybridized carbons (Fsp3) is 0.824. The molecule has 0 radical (unpaired) electrons. The number of hydrogen-bond acceptors (Lipinski definition) is 8. The van der Waals surface area contributed by atoms with E-state index in [2.05, 4.69) is 25.7 Å². The Balaban J connectivity index is 1.45. The molecule has 1 aliphatic heterocycles. The third-order valence-corrected chi connectivity index (χ3v) is 7.27. The van der Waals surface area contributed by atoms with Crippen molar-refractivity contribution in [1.82, 2.24) is 20.4 Å². The lowest BCUT2D eigenvalue weighted by Gasteiger charge is -2.48. The summed E-state index contributed by atoms with van der Waals surface area (Å²) >= 11 is 2.19. The van der Waals surface area contributed by atoms with E-state index in [4.69, 9.17) is 4.74 Å². The van der Waals surface area contributed by atoms with Gasteiger partial charge in [0.25, 0.3) is 0 Å². The summed E-state index contributed by atoms with van der Waals surface area (Å²) in [5.41, 5.74) is -0.000220. The molecular weight excluding hydrogens is 427 g/mol. The molecule has 1 amide bonds. The minimum absolute atomic E-state index is 0.000220. The van der Waals surface area contributed by atoms with Crippen LogP contribution in [0.2, 0.25) is 0 Å². The predicted molar refractivity (Wildman–Crippen MR) is 106 cm³/mol. The summed E-state index contributed by atoms with van der Waals surface area (Å²) in [6.07, 6.45) is 1.41. The van der Waals surface area contributed by atoms with Gasteiger partial charge in [-0.2, -0.15) is 13.2 Å². The van der Waals surface area contributed by atoms with Gasteiger partial charge >= 0.3 is 6.18 Å². The highest BCUT2D eigenvalue weighted by atomic mass is 32.2. The minimum Gasteiger partial charge on any atom is -0.379 e. The molecule has 0 bridgehead atoms. The molecule has 0 atom stereocenters. The van der Waals surface area contributed by atoms with Crippen LogP contribution >= 0.6 is 23.1 Å². The Bertz CT molecular complexity index is 662. The monoisotopic (exact) mass is 453 g/mol. The number of nitrogens with zero attached hydrogens (tertiary/aromatic N) is 3. The van der Waals surface area contributed by atoms with Gasteiger partial charge < -0.3 is 15.4 Å². The fourth-order valence-corrected chi connectivity index (χ4v) is 5.39. The maximum atomic E-state index is 12.4. The lowest BCUT2D eigenvalue weighted by Crippen LogP contribution is -2.59. The summed E-state index contributed by atoms with van der Waals surface area (Å²) in [6, 6.07) is 0. The number of ether oxygens (including phenoxy) is 1. The molecule has 2 fully saturated rings. The molecule has 2 heterocycles. The zero-order valence-electron chi connectivity index (χ0n) is 16.1. The molecule has 29 heavy (non-hydrogen) atoms. The average molecular weight is 454 g/mol. The van der Waals surface area contributed by atoms with Crippen molar-refractivity contribution in [1.29, 1.82) is 0 Å². The first kappa shape index (κ1) is 22.6. The molecule has 12 heteroatoms. The van der Waals surface area contributed by atoms with E-state index >= 15 is 0 Å². The van der Waals surface area contributed by atoms with Gasteiger partial charge in [-0.05, 0) is 12.8 Å². The Morgan fingerprint density at radius 1 is 1.21 bits per heavy atom. The van der Waals surface area contributed by atoms with Crippen molar-refractivity contribution < 1.29 is 22.7 Å². The lowest BCUT2D eigenvalue weighted by molar-refractivity contribution is -0.120. The normalized spacial score (nSPS) is 20.4. The SMILES string of the molecule is O=C(CSc1nnc(NCC(F)(F)F)s1)NCC1(N2CCOCC2)CCCCC1. The molecule has 2 N–H and O–H groups in total. The van der Waals surface area contributed by atoms with Crippen LogP contribution in [0.25, 0.3) is 0 Å². The number of aromatic nitrogens is 2. The maximum absolute atomic E-state index is 12.4. The second-order valence-corrected chi connectivity index (χ2v) is 9.49. The Morgan fingerprint density at radius 2 is 1.93 bits per heavy atom. The van der Waals surface area contributed by atoms with E-state index in [9.17, 15) is 18.0 Å². The number of rotatable bonds is 8. The predicted octanol–water partition coefficient (Wildman–Crippen LogP) is 2.76. The van der Waals surface area contributed by atoms with Crippen LogP contribution in [0, 0.1) is 0 Å². The van der Waals surface area contributed by atoms with Crippen molar-refractivity contribution in [3.63, 3.8) is 0 Å². The summed E-state index contributed by atoms with van der Waals surface area (Å²) in [4.78, 5) is 14.8. The molecule has 1 saturated heterocycles. The van der Waals surface area contributed by atoms with Gasteiger partial charge in [0.1, 0.15) is 6.54 Å². The Hall–Kier alpha value is -1.11. The number of halogens is 3. The van der Waals surface area contributed by atoms with Crippen LogP contribution in [0.1, 0.15) is 32.1 Å². The van der Waals surface area contributed by atoms with E-state index < -0.39 is 12.7 Å². The van der Waals surface area contributed by atoms with E-state index in [0.717, 1.165) is 50.5 Å². The van der Waals surface area contributed by atoms with E-state index in [1.165, 1.54) is 31.0 Å². The molecule has 0 aromatic carbocycles. The summed E-state index contributed by atoms with van der Waals surface area (Å²) in [5, 5.41) is 12.9. The third-order valence-electron chi connectivity index (χ3n) is 5.25. The highest BCUT2D eigenvalue weighted by Crippen LogP contribution is 2.34. The zero-order valence-corrected chi connectivity index (χ0v) is 17.7. The van der Waals surface area contributed by atoms with Crippen molar-refractivity contribution >= 4 is 34.1 Å². The molecule has 164 valence electrons. The standard InChI is InChI=1S/C17H26F3N5O2S2/c18-17(19,20)12-22-14-23-24-15(29-14)28-10-13(26)21-11-16(4-2-1-3-5-16)25-6-8-27-9-7-25/h1-12H2,(H,21,26)(H,22,23). The number of hydrogen-bond donors (Lipinski definition) is 2. The van der Waals surface area contributed by atoms with Crippen molar-refractivity contribution in [2.75, 3.05) is 50.5 Å². The fourth-order valence-electron chi connectivity index (χ4n) is 3.81. The number of carbonyl (C=O) groups excluding carboxylic acids is 1. The smallest absolute Gasteiger partial charge is 0.379 e. The third kappa shape index (κ3) is 6.97. The van der Waals surface area contributed by atoms with Gasteiger partial charge in [0.05, 0.1) is 19.0 Å². The van der Waals surface area contributed by atoms with Gasteiger partial charge in [0.15, 0.2) is 4.34 Å². The minimum atomic E-state index is -4.31. The van der Waals surface area contributed by atoms with E-state index in [1.54, 1.807) is 0 Å². The van der Waals surface area contributed by atoms with Gasteiger partial charge in [-0.15, -0.1) is 10.2 Å². The zero-order chi connectivity index (χ0) is 20.7. The van der Waals surface area contributed by atoms with Crippen LogP contribution in [0.3, 0.4) is 0 Å². The molecule has 1 aliphatic carbocycles. The van der Waals surface area contributed by atoms with Gasteiger partial charge in [-0.25, -0.2) is 0 Å². The van der Waals surface area contributed by atoms with E-state index in [0.29, 0.717) is 10.9 Å². The van der Waals surface area contributed by atoms with Crippen molar-refractivity contribution in [3.05, 3.63) is 0 Å². The number of amides is 1. The Morgan fingerprint density at radius 3 is 2.62 bits per heavy atom. The summed E-state index contributed by atoms with van der Waals surface area (Å²) < 4.78 is 42.6. The van der Waals surface area contributed by atoms with Gasteiger partial charge in [0.2, 0.25) is 11.0 Å². The van der Waals surface area contributed by atoms with Gasteiger partial charge in [0, 0.05) is 25.2 Å². The average Bonchev–Trinajstić information content (AvgIpc) is 3.18. The molecule has 3 rings (SSSR count). The molecule has 1 saturated carbocycles. The quantitative estimate of drug-likeness (QED) is 0.586. The van der Waals surface area contributed by atoms with E-state index in [-0.39, 0.29) is 22.3 Å². The number of anilines is 1. The number of morpholine rings is 1.